The van der Waals surface area contributed by atoms with E-state index in [1.54, 1.807) is 0 Å². The fourth-order valence-corrected chi connectivity index (χ4v) is 2.00. The van der Waals surface area contributed by atoms with Crippen molar-refractivity contribution in [2.24, 2.45) is 11.7 Å². The van der Waals surface area contributed by atoms with Crippen LogP contribution in [0.25, 0.3) is 0 Å². The third-order valence-electron chi connectivity index (χ3n) is 2.51. The smallest absolute Gasteiger partial charge is 0.129 e. The van der Waals surface area contributed by atoms with Crippen molar-refractivity contribution in [1.29, 1.82) is 0 Å². The molecule has 4 heteroatoms. The molecule has 0 bridgehead atoms. The predicted octanol–water partition coefficient (Wildman–Crippen LogP) is 4.57. The van der Waals surface area contributed by atoms with E-state index in [-0.39, 0.29) is 10.8 Å². The molecule has 0 radical (unpaired) electrons. The first-order chi connectivity index (χ1) is 7.43. The summed E-state index contributed by atoms with van der Waals surface area (Å²) >= 11 is 11.8. The zero-order valence-corrected chi connectivity index (χ0v) is 10.9. The third kappa shape index (κ3) is 3.34. The van der Waals surface area contributed by atoms with Crippen LogP contribution in [0.5, 0.6) is 0 Å². The molecule has 1 aromatic carbocycles. The maximum atomic E-state index is 13.6. The van der Waals surface area contributed by atoms with Gasteiger partial charge >= 0.3 is 0 Å². The SMILES string of the molecule is CC(C)CC[C@H](N)c1c(F)ccc(Cl)c1Cl. The molecule has 16 heavy (non-hydrogen) atoms. The van der Waals surface area contributed by atoms with Crippen molar-refractivity contribution in [3.8, 4) is 0 Å². The minimum absolute atomic E-state index is 0.234. The number of nitrogens with two attached hydrogens (primary N) is 1. The molecule has 1 atom stereocenters. The van der Waals surface area contributed by atoms with Gasteiger partial charge in [0.15, 0.2) is 0 Å². The van der Waals surface area contributed by atoms with Gasteiger partial charge < -0.3 is 5.73 Å². The van der Waals surface area contributed by atoms with Crippen LogP contribution in [0.15, 0.2) is 12.1 Å². The van der Waals surface area contributed by atoms with Gasteiger partial charge in [0, 0.05) is 11.6 Å². The normalized spacial score (nSPS) is 13.2. The molecule has 0 aliphatic carbocycles. The maximum Gasteiger partial charge on any atom is 0.129 e. The van der Waals surface area contributed by atoms with E-state index in [1.165, 1.54) is 12.1 Å². The molecule has 0 spiro atoms. The average Bonchev–Trinajstić information content (AvgIpc) is 2.21. The maximum absolute atomic E-state index is 13.6. The summed E-state index contributed by atoms with van der Waals surface area (Å²) in [7, 11) is 0. The Balaban J connectivity index is 2.90. The summed E-state index contributed by atoms with van der Waals surface area (Å²) in [5.74, 6) is 0.151. The van der Waals surface area contributed by atoms with E-state index in [4.69, 9.17) is 28.9 Å². The van der Waals surface area contributed by atoms with E-state index < -0.39 is 6.04 Å². The number of benzene rings is 1. The molecule has 0 saturated carbocycles. The van der Waals surface area contributed by atoms with E-state index in [9.17, 15) is 4.39 Å². The van der Waals surface area contributed by atoms with Crippen molar-refractivity contribution < 1.29 is 4.39 Å². The fourth-order valence-electron chi connectivity index (χ4n) is 1.54. The zero-order chi connectivity index (χ0) is 12.3. The van der Waals surface area contributed by atoms with Crippen molar-refractivity contribution in [1.82, 2.24) is 0 Å². The Morgan fingerprint density at radius 2 is 1.88 bits per heavy atom. The number of hydrogen-bond donors (Lipinski definition) is 1. The Bertz CT molecular complexity index is 366. The van der Waals surface area contributed by atoms with E-state index in [1.807, 2.05) is 0 Å². The van der Waals surface area contributed by atoms with Crippen LogP contribution in [-0.2, 0) is 0 Å². The Hall–Kier alpha value is -0.310. The van der Waals surface area contributed by atoms with Gasteiger partial charge in [0.2, 0.25) is 0 Å². The lowest BCUT2D eigenvalue weighted by Crippen LogP contribution is -2.13. The molecule has 0 aromatic heterocycles. The molecule has 0 fully saturated rings. The van der Waals surface area contributed by atoms with Gasteiger partial charge in [-0.25, -0.2) is 4.39 Å². The van der Waals surface area contributed by atoms with E-state index >= 15 is 0 Å². The van der Waals surface area contributed by atoms with Crippen LogP contribution in [0.4, 0.5) is 4.39 Å². The lowest BCUT2D eigenvalue weighted by Gasteiger charge is -2.16. The minimum atomic E-state index is -0.395. The van der Waals surface area contributed by atoms with Crippen molar-refractivity contribution >= 4 is 23.2 Å². The molecule has 0 aliphatic rings. The van der Waals surface area contributed by atoms with Gasteiger partial charge in [-0.3, -0.25) is 0 Å². The third-order valence-corrected chi connectivity index (χ3v) is 3.32. The van der Waals surface area contributed by atoms with Crippen LogP contribution < -0.4 is 5.73 Å². The highest BCUT2D eigenvalue weighted by atomic mass is 35.5. The van der Waals surface area contributed by atoms with Gasteiger partial charge in [-0.05, 0) is 30.9 Å². The van der Waals surface area contributed by atoms with Crippen LogP contribution in [-0.4, -0.2) is 0 Å². The van der Waals surface area contributed by atoms with Crippen LogP contribution >= 0.6 is 23.2 Å². The number of hydrogen-bond acceptors (Lipinski definition) is 1. The standard InChI is InChI=1S/C12H16Cl2FN/c1-7(2)3-6-10(16)11-9(15)5-4-8(13)12(11)14/h4-5,7,10H,3,6,16H2,1-2H3/t10-/m0/s1. The highest BCUT2D eigenvalue weighted by Crippen LogP contribution is 2.33. The topological polar surface area (TPSA) is 26.0 Å². The summed E-state index contributed by atoms with van der Waals surface area (Å²) < 4.78 is 13.6. The summed E-state index contributed by atoms with van der Waals surface area (Å²) in [5, 5.41) is 0.580. The van der Waals surface area contributed by atoms with Gasteiger partial charge in [-0.1, -0.05) is 37.0 Å². The molecule has 2 N–H and O–H groups in total. The second-order valence-electron chi connectivity index (χ2n) is 4.33. The molecule has 0 unspecified atom stereocenters. The molecule has 1 nitrogen and oxygen atoms in total. The van der Waals surface area contributed by atoms with Crippen LogP contribution in [0.3, 0.4) is 0 Å². The average molecular weight is 264 g/mol. The molecule has 1 aromatic rings. The number of rotatable bonds is 4. The van der Waals surface area contributed by atoms with Crippen molar-refractivity contribution in [3.05, 3.63) is 33.6 Å². The van der Waals surface area contributed by atoms with Crippen molar-refractivity contribution in [2.45, 2.75) is 32.7 Å². The zero-order valence-electron chi connectivity index (χ0n) is 9.43. The second kappa shape index (κ2) is 5.85. The van der Waals surface area contributed by atoms with Crippen molar-refractivity contribution in [3.63, 3.8) is 0 Å². The monoisotopic (exact) mass is 263 g/mol. The summed E-state index contributed by atoms with van der Waals surface area (Å²) in [6, 6.07) is 2.35. The molecule has 0 amide bonds. The Labute approximate surface area is 106 Å². The van der Waals surface area contributed by atoms with Crippen molar-refractivity contribution in [2.75, 3.05) is 0 Å². The second-order valence-corrected chi connectivity index (χ2v) is 5.12. The van der Waals surface area contributed by atoms with Gasteiger partial charge in [0.05, 0.1) is 10.0 Å². The molecule has 0 heterocycles. The van der Waals surface area contributed by atoms with Gasteiger partial charge in [0.1, 0.15) is 5.82 Å². The minimum Gasteiger partial charge on any atom is -0.324 e. The van der Waals surface area contributed by atoms with Crippen LogP contribution in [0.1, 0.15) is 38.3 Å². The van der Waals surface area contributed by atoms with Gasteiger partial charge in [-0.15, -0.1) is 0 Å². The highest BCUT2D eigenvalue weighted by molar-refractivity contribution is 6.42. The summed E-state index contributed by atoms with van der Waals surface area (Å²) in [5.41, 5.74) is 6.26. The first-order valence-electron chi connectivity index (χ1n) is 5.32. The van der Waals surface area contributed by atoms with E-state index in [0.29, 0.717) is 22.9 Å². The molecule has 1 rings (SSSR count). The lowest BCUT2D eigenvalue weighted by molar-refractivity contribution is 0.491. The Morgan fingerprint density at radius 3 is 2.44 bits per heavy atom. The molecule has 0 saturated heterocycles. The van der Waals surface area contributed by atoms with Crippen LogP contribution in [0.2, 0.25) is 10.0 Å². The Kier molecular flexibility index (Phi) is 5.03. The highest BCUT2D eigenvalue weighted by Gasteiger charge is 2.17. The largest absolute Gasteiger partial charge is 0.324 e. The Morgan fingerprint density at radius 1 is 1.25 bits per heavy atom. The first kappa shape index (κ1) is 13.8. The van der Waals surface area contributed by atoms with Gasteiger partial charge in [0.25, 0.3) is 0 Å². The summed E-state index contributed by atoms with van der Waals surface area (Å²) in [4.78, 5) is 0. The van der Waals surface area contributed by atoms with Gasteiger partial charge in [-0.2, -0.15) is 0 Å². The quantitative estimate of drug-likeness (QED) is 0.792. The molecular weight excluding hydrogens is 248 g/mol. The summed E-state index contributed by atoms with van der Waals surface area (Å²) in [6.07, 6.45) is 1.64. The molecule has 90 valence electrons. The van der Waals surface area contributed by atoms with Crippen LogP contribution in [0, 0.1) is 11.7 Å². The first-order valence-corrected chi connectivity index (χ1v) is 6.08. The summed E-state index contributed by atoms with van der Waals surface area (Å²) in [6.45, 7) is 4.20. The van der Waals surface area contributed by atoms with E-state index in [2.05, 4.69) is 13.8 Å². The lowest BCUT2D eigenvalue weighted by atomic mass is 9.98. The van der Waals surface area contributed by atoms with E-state index in [0.717, 1.165) is 6.42 Å². The fraction of sp³-hybridized carbons (Fsp3) is 0.500. The number of halogens is 3. The predicted molar refractivity (Wildman–Crippen MR) is 67.4 cm³/mol. The molecule has 0 aliphatic heterocycles. The molecular formula is C12H16Cl2FN.